The van der Waals surface area contributed by atoms with Crippen LogP contribution in [0.5, 0.6) is 0 Å². The number of nitrogens with zero attached hydrogens (tertiary/aromatic N) is 3. The Morgan fingerprint density at radius 1 is 1.05 bits per heavy atom. The maximum atomic E-state index is 14.1. The van der Waals surface area contributed by atoms with Gasteiger partial charge in [0.05, 0.1) is 11.3 Å². The minimum atomic E-state index is -0.356. The van der Waals surface area contributed by atoms with Crippen LogP contribution in [-0.4, -0.2) is 9.55 Å². The topological polar surface area (TPSA) is 41.6 Å². The Hall–Kier alpha value is -2.93. The molecule has 0 N–H and O–H groups in total. The van der Waals surface area contributed by atoms with E-state index < -0.39 is 0 Å². The second-order valence-electron chi connectivity index (χ2n) is 5.15. The third-order valence-corrected chi connectivity index (χ3v) is 3.62. The van der Waals surface area contributed by atoms with E-state index in [0.29, 0.717) is 11.4 Å². The molecule has 0 aliphatic heterocycles. The van der Waals surface area contributed by atoms with E-state index in [1.165, 1.54) is 6.07 Å². The lowest BCUT2D eigenvalue weighted by atomic mass is 10.1. The van der Waals surface area contributed by atoms with Gasteiger partial charge in [-0.05, 0) is 37.1 Å². The van der Waals surface area contributed by atoms with Crippen LogP contribution in [0.15, 0.2) is 48.7 Å². The average molecular weight is 291 g/mol. The van der Waals surface area contributed by atoms with Gasteiger partial charge in [-0.15, -0.1) is 0 Å². The number of nitriles is 1. The molecule has 3 aromatic rings. The van der Waals surface area contributed by atoms with Gasteiger partial charge < -0.3 is 0 Å². The average Bonchev–Trinajstić information content (AvgIpc) is 2.91. The summed E-state index contributed by atoms with van der Waals surface area (Å²) in [4.78, 5) is 4.28. The summed E-state index contributed by atoms with van der Waals surface area (Å²) in [5, 5.41) is 9.16. The monoisotopic (exact) mass is 291 g/mol. The summed E-state index contributed by atoms with van der Waals surface area (Å²) in [6.07, 6.45) is 1.65. The van der Waals surface area contributed by atoms with Crippen molar-refractivity contribution < 1.29 is 4.39 Å². The second-order valence-corrected chi connectivity index (χ2v) is 5.15. The van der Waals surface area contributed by atoms with E-state index in [9.17, 15) is 4.39 Å². The molecule has 0 fully saturated rings. The van der Waals surface area contributed by atoms with Crippen LogP contribution >= 0.6 is 0 Å². The number of aromatic nitrogens is 2. The van der Waals surface area contributed by atoms with E-state index in [1.54, 1.807) is 29.0 Å². The number of halogens is 1. The van der Waals surface area contributed by atoms with Gasteiger partial charge in [-0.1, -0.05) is 30.3 Å². The Bertz CT molecular complexity index is 867. The Kier molecular flexibility index (Phi) is 3.48. The SMILES string of the molecule is Cc1cccc(C)c1-n1cc(C#N)nc1-c1ccccc1F. The number of rotatable bonds is 2. The van der Waals surface area contributed by atoms with E-state index in [1.807, 2.05) is 38.1 Å². The van der Waals surface area contributed by atoms with Crippen molar-refractivity contribution in [1.82, 2.24) is 9.55 Å². The normalized spacial score (nSPS) is 10.5. The molecule has 22 heavy (non-hydrogen) atoms. The zero-order valence-electron chi connectivity index (χ0n) is 12.3. The summed E-state index contributed by atoms with van der Waals surface area (Å²) < 4.78 is 15.9. The fourth-order valence-corrected chi connectivity index (χ4v) is 2.62. The third kappa shape index (κ3) is 2.27. The summed E-state index contributed by atoms with van der Waals surface area (Å²) in [6, 6.07) is 14.4. The molecule has 0 saturated carbocycles. The van der Waals surface area contributed by atoms with Crippen molar-refractivity contribution in [3.05, 3.63) is 71.3 Å². The third-order valence-electron chi connectivity index (χ3n) is 3.62. The Morgan fingerprint density at radius 2 is 1.73 bits per heavy atom. The number of para-hydroxylation sites is 1. The summed E-state index contributed by atoms with van der Waals surface area (Å²) in [7, 11) is 0. The maximum Gasteiger partial charge on any atom is 0.159 e. The highest BCUT2D eigenvalue weighted by atomic mass is 19.1. The molecular formula is C18H14FN3. The van der Waals surface area contributed by atoms with E-state index in [2.05, 4.69) is 4.98 Å². The van der Waals surface area contributed by atoms with Crippen LogP contribution in [-0.2, 0) is 0 Å². The molecule has 108 valence electrons. The number of hydrogen-bond acceptors (Lipinski definition) is 2. The van der Waals surface area contributed by atoms with Crippen molar-refractivity contribution in [3.8, 4) is 23.1 Å². The first-order valence-corrected chi connectivity index (χ1v) is 6.93. The van der Waals surface area contributed by atoms with E-state index >= 15 is 0 Å². The molecule has 0 saturated heterocycles. The minimum absolute atomic E-state index is 0.265. The number of imidazole rings is 1. The predicted molar refractivity (Wildman–Crippen MR) is 83.1 cm³/mol. The highest BCUT2D eigenvalue weighted by Gasteiger charge is 2.17. The maximum absolute atomic E-state index is 14.1. The number of aryl methyl sites for hydroxylation is 2. The molecule has 3 rings (SSSR count). The molecule has 0 aliphatic rings. The number of hydrogen-bond donors (Lipinski definition) is 0. The molecule has 0 spiro atoms. The molecule has 0 atom stereocenters. The summed E-state index contributed by atoms with van der Waals surface area (Å²) >= 11 is 0. The molecule has 2 aromatic carbocycles. The van der Waals surface area contributed by atoms with Gasteiger partial charge in [-0.2, -0.15) is 5.26 Å². The molecule has 0 aliphatic carbocycles. The van der Waals surface area contributed by atoms with Crippen molar-refractivity contribution in [2.24, 2.45) is 0 Å². The van der Waals surface area contributed by atoms with Gasteiger partial charge in [-0.25, -0.2) is 9.37 Å². The van der Waals surface area contributed by atoms with Crippen LogP contribution in [0.25, 0.3) is 17.1 Å². The first-order chi connectivity index (χ1) is 10.6. The van der Waals surface area contributed by atoms with Gasteiger partial charge in [0.25, 0.3) is 0 Å². The zero-order valence-corrected chi connectivity index (χ0v) is 12.3. The zero-order chi connectivity index (χ0) is 15.7. The molecule has 0 amide bonds. The quantitative estimate of drug-likeness (QED) is 0.711. The van der Waals surface area contributed by atoms with Crippen molar-refractivity contribution in [2.75, 3.05) is 0 Å². The van der Waals surface area contributed by atoms with Gasteiger partial charge in [-0.3, -0.25) is 4.57 Å². The van der Waals surface area contributed by atoms with Gasteiger partial charge in [0.1, 0.15) is 17.7 Å². The largest absolute Gasteiger partial charge is 0.298 e. The van der Waals surface area contributed by atoms with Gasteiger partial charge in [0.15, 0.2) is 5.69 Å². The fraction of sp³-hybridized carbons (Fsp3) is 0.111. The minimum Gasteiger partial charge on any atom is -0.298 e. The molecular weight excluding hydrogens is 277 g/mol. The molecule has 0 bridgehead atoms. The highest BCUT2D eigenvalue weighted by molar-refractivity contribution is 5.63. The van der Waals surface area contributed by atoms with Crippen molar-refractivity contribution in [3.63, 3.8) is 0 Å². The summed E-state index contributed by atoms with van der Waals surface area (Å²) in [5.74, 6) is 0.0807. The van der Waals surface area contributed by atoms with Crippen LogP contribution in [0.3, 0.4) is 0 Å². The van der Waals surface area contributed by atoms with E-state index in [0.717, 1.165) is 16.8 Å². The van der Waals surface area contributed by atoms with Crippen LogP contribution in [0.1, 0.15) is 16.8 Å². The standard InChI is InChI=1S/C18H14FN3/c1-12-6-5-7-13(2)17(12)22-11-14(10-20)21-18(22)15-8-3-4-9-16(15)19/h3-9,11H,1-2H3. The van der Waals surface area contributed by atoms with Crippen LogP contribution in [0, 0.1) is 31.0 Å². The molecule has 0 radical (unpaired) electrons. The smallest absolute Gasteiger partial charge is 0.159 e. The van der Waals surface area contributed by atoms with Crippen molar-refractivity contribution in [2.45, 2.75) is 13.8 Å². The van der Waals surface area contributed by atoms with Gasteiger partial charge in [0, 0.05) is 6.20 Å². The molecule has 1 aromatic heterocycles. The van der Waals surface area contributed by atoms with Crippen molar-refractivity contribution in [1.29, 1.82) is 5.26 Å². The predicted octanol–water partition coefficient (Wildman–Crippen LogP) is 4.17. The first-order valence-electron chi connectivity index (χ1n) is 6.93. The lowest BCUT2D eigenvalue weighted by Crippen LogP contribution is -2.02. The van der Waals surface area contributed by atoms with Crippen LogP contribution in [0.4, 0.5) is 4.39 Å². The Morgan fingerprint density at radius 3 is 2.36 bits per heavy atom. The molecule has 0 unspecified atom stereocenters. The molecule has 3 nitrogen and oxygen atoms in total. The second kappa shape index (κ2) is 5.45. The molecule has 1 heterocycles. The molecule has 4 heteroatoms. The Balaban J connectivity index is 2.32. The fourth-order valence-electron chi connectivity index (χ4n) is 2.62. The van der Waals surface area contributed by atoms with E-state index in [4.69, 9.17) is 5.26 Å². The van der Waals surface area contributed by atoms with Gasteiger partial charge in [0.2, 0.25) is 0 Å². The highest BCUT2D eigenvalue weighted by Crippen LogP contribution is 2.28. The van der Waals surface area contributed by atoms with Gasteiger partial charge >= 0.3 is 0 Å². The number of benzene rings is 2. The van der Waals surface area contributed by atoms with Crippen LogP contribution < -0.4 is 0 Å². The Labute approximate surface area is 128 Å². The first kappa shape index (κ1) is 14.0. The van der Waals surface area contributed by atoms with Crippen LogP contribution in [0.2, 0.25) is 0 Å². The lowest BCUT2D eigenvalue weighted by molar-refractivity contribution is 0.629. The lowest BCUT2D eigenvalue weighted by Gasteiger charge is -2.14. The van der Waals surface area contributed by atoms with E-state index in [-0.39, 0.29) is 11.5 Å². The van der Waals surface area contributed by atoms with Crippen molar-refractivity contribution >= 4 is 0 Å². The summed E-state index contributed by atoms with van der Waals surface area (Å²) in [6.45, 7) is 3.97. The summed E-state index contributed by atoms with van der Waals surface area (Å²) in [5.41, 5.74) is 3.65.